The molecule has 0 aliphatic carbocycles. The van der Waals surface area contributed by atoms with Crippen LogP contribution in [-0.2, 0) is 18.4 Å². The fourth-order valence-electron chi connectivity index (χ4n) is 5.15. The van der Waals surface area contributed by atoms with Crippen molar-refractivity contribution in [2.45, 2.75) is 33.0 Å². The topological polar surface area (TPSA) is 106 Å². The van der Waals surface area contributed by atoms with Gasteiger partial charge >= 0.3 is 6.61 Å². The minimum atomic E-state index is -2.96. The van der Waals surface area contributed by atoms with E-state index in [4.69, 9.17) is 9.84 Å². The molecule has 1 atom stereocenters. The fraction of sp³-hybridized carbons (Fsp3) is 0.357. The smallest absolute Gasteiger partial charge is 0.387 e. The number of nitrogens with zero attached hydrogens (tertiary/aromatic N) is 6. The zero-order valence-electron chi connectivity index (χ0n) is 22.4. The number of rotatable bonds is 7. The summed E-state index contributed by atoms with van der Waals surface area (Å²) in [4.78, 5) is 37.6. The van der Waals surface area contributed by atoms with Crippen LogP contribution < -0.4 is 15.2 Å². The summed E-state index contributed by atoms with van der Waals surface area (Å²) in [7, 11) is 1.64. The Hall–Kier alpha value is -4.32. The summed E-state index contributed by atoms with van der Waals surface area (Å²) in [6.45, 7) is 2.01. The lowest BCUT2D eigenvalue weighted by atomic mass is 10.1. The molecule has 10 nitrogen and oxygen atoms in total. The molecule has 1 N–H and O–H groups in total. The Labute approximate surface area is 229 Å². The van der Waals surface area contributed by atoms with E-state index < -0.39 is 13.2 Å². The Morgan fingerprint density at radius 3 is 2.55 bits per heavy atom. The SMILES string of the molecule is Cc1ccc(OC(F)F)c(Cn2c3cc(-c4cnc(N5CCN(C(=O)CO)C[C@H]5C)nc4)ccc3c(=O)n2C)c1. The predicted molar refractivity (Wildman–Crippen MR) is 146 cm³/mol. The molecule has 3 heterocycles. The molecule has 0 unspecified atom stereocenters. The zero-order chi connectivity index (χ0) is 28.6. The monoisotopic (exact) mass is 552 g/mol. The standard InChI is InChI=1S/C28H30F2N6O4/c1-17-4-7-24(40-27(29)30)20(10-17)15-36-23-11-19(5-6-22(23)26(39)33(36)3)21-12-31-28(32-13-21)35-9-8-34(14-18(35)2)25(38)16-37/h4-7,10-13,18,27,37H,8-9,14-16H2,1-3H3/t18-/m1/s1. The van der Waals surface area contributed by atoms with E-state index >= 15 is 0 Å². The lowest BCUT2D eigenvalue weighted by molar-refractivity contribution is -0.134. The van der Waals surface area contributed by atoms with Crippen molar-refractivity contribution in [2.24, 2.45) is 7.05 Å². The molecular weight excluding hydrogens is 522 g/mol. The summed E-state index contributed by atoms with van der Waals surface area (Å²) >= 11 is 0. The molecule has 0 saturated carbocycles. The van der Waals surface area contributed by atoms with Gasteiger partial charge in [0.1, 0.15) is 12.4 Å². The number of aryl methyl sites for hydroxylation is 1. The molecule has 12 heteroatoms. The maximum absolute atomic E-state index is 13.0. The number of alkyl halides is 2. The lowest BCUT2D eigenvalue weighted by Crippen LogP contribution is -2.54. The van der Waals surface area contributed by atoms with Crippen LogP contribution in [0, 0.1) is 6.92 Å². The summed E-state index contributed by atoms with van der Waals surface area (Å²) in [5.74, 6) is 0.305. The van der Waals surface area contributed by atoms with Crippen LogP contribution in [0.4, 0.5) is 14.7 Å². The summed E-state index contributed by atoms with van der Waals surface area (Å²) in [5, 5.41) is 9.64. The molecule has 0 radical (unpaired) electrons. The number of aliphatic hydroxyl groups is 1. The molecule has 210 valence electrons. The van der Waals surface area contributed by atoms with Crippen molar-refractivity contribution < 1.29 is 23.4 Å². The van der Waals surface area contributed by atoms with Crippen LogP contribution in [0.15, 0.2) is 53.6 Å². The molecule has 1 aliphatic heterocycles. The van der Waals surface area contributed by atoms with Crippen molar-refractivity contribution in [1.82, 2.24) is 24.2 Å². The number of ether oxygens (including phenoxy) is 1. The molecule has 2 aromatic heterocycles. The fourth-order valence-corrected chi connectivity index (χ4v) is 5.15. The van der Waals surface area contributed by atoms with E-state index in [-0.39, 0.29) is 29.8 Å². The Balaban J connectivity index is 1.44. The number of piperazine rings is 1. The maximum Gasteiger partial charge on any atom is 0.387 e. The molecule has 1 amide bonds. The van der Waals surface area contributed by atoms with E-state index in [1.807, 2.05) is 30.9 Å². The van der Waals surface area contributed by atoms with Crippen molar-refractivity contribution in [2.75, 3.05) is 31.1 Å². The van der Waals surface area contributed by atoms with Gasteiger partial charge in [0.25, 0.3) is 5.56 Å². The van der Waals surface area contributed by atoms with Gasteiger partial charge in [0.2, 0.25) is 11.9 Å². The number of hydrogen-bond donors (Lipinski definition) is 1. The van der Waals surface area contributed by atoms with E-state index in [0.29, 0.717) is 42.0 Å². The number of carbonyl (C=O) groups is 1. The molecule has 1 aliphatic rings. The third-order valence-corrected chi connectivity index (χ3v) is 7.26. The highest BCUT2D eigenvalue weighted by Crippen LogP contribution is 2.27. The molecule has 0 bridgehead atoms. The zero-order valence-corrected chi connectivity index (χ0v) is 22.4. The van der Waals surface area contributed by atoms with Crippen molar-refractivity contribution in [3.63, 3.8) is 0 Å². The number of aliphatic hydroxyl groups excluding tert-OH is 1. The first-order valence-corrected chi connectivity index (χ1v) is 12.9. The molecule has 5 rings (SSSR count). The van der Waals surface area contributed by atoms with Crippen molar-refractivity contribution in [1.29, 1.82) is 0 Å². The Bertz CT molecular complexity index is 1600. The minimum Gasteiger partial charge on any atom is -0.434 e. The van der Waals surface area contributed by atoms with Gasteiger partial charge in [-0.1, -0.05) is 23.8 Å². The van der Waals surface area contributed by atoms with Crippen molar-refractivity contribution >= 4 is 22.8 Å². The first-order chi connectivity index (χ1) is 19.2. The van der Waals surface area contributed by atoms with Crippen LogP contribution in [-0.4, -0.2) is 74.1 Å². The normalized spacial score (nSPS) is 15.7. The first-order valence-electron chi connectivity index (χ1n) is 12.9. The van der Waals surface area contributed by atoms with E-state index in [1.165, 1.54) is 10.7 Å². The van der Waals surface area contributed by atoms with Gasteiger partial charge in [-0.15, -0.1) is 0 Å². The minimum absolute atomic E-state index is 0.0224. The molecule has 40 heavy (non-hydrogen) atoms. The molecule has 1 saturated heterocycles. The van der Waals surface area contributed by atoms with E-state index in [2.05, 4.69) is 9.97 Å². The van der Waals surface area contributed by atoms with Gasteiger partial charge in [-0.3, -0.25) is 19.0 Å². The second-order valence-corrected chi connectivity index (χ2v) is 9.92. The molecule has 2 aromatic carbocycles. The first kappa shape index (κ1) is 27.3. The number of hydrogen-bond acceptors (Lipinski definition) is 7. The number of carbonyl (C=O) groups excluding carboxylic acids is 1. The summed E-state index contributed by atoms with van der Waals surface area (Å²) in [6.07, 6.45) is 3.42. The highest BCUT2D eigenvalue weighted by Gasteiger charge is 2.28. The van der Waals surface area contributed by atoms with Gasteiger partial charge in [0.15, 0.2) is 0 Å². The van der Waals surface area contributed by atoms with E-state index in [9.17, 15) is 18.4 Å². The Morgan fingerprint density at radius 2 is 1.88 bits per heavy atom. The van der Waals surface area contributed by atoms with E-state index in [1.54, 1.807) is 47.2 Å². The number of fused-ring (bicyclic) bond motifs is 1. The number of anilines is 1. The highest BCUT2D eigenvalue weighted by molar-refractivity contribution is 5.84. The van der Waals surface area contributed by atoms with Crippen molar-refractivity contribution in [3.05, 3.63) is 70.3 Å². The largest absolute Gasteiger partial charge is 0.434 e. The lowest BCUT2D eigenvalue weighted by Gasteiger charge is -2.39. The van der Waals surface area contributed by atoms with Gasteiger partial charge in [-0.2, -0.15) is 8.78 Å². The second kappa shape index (κ2) is 11.0. The quantitative estimate of drug-likeness (QED) is 0.376. The van der Waals surface area contributed by atoms with Gasteiger partial charge in [-0.25, -0.2) is 9.97 Å². The second-order valence-electron chi connectivity index (χ2n) is 9.92. The molecule has 4 aromatic rings. The van der Waals surface area contributed by atoms with Crippen LogP contribution in [0.3, 0.4) is 0 Å². The summed E-state index contributed by atoms with van der Waals surface area (Å²) < 4.78 is 34.0. The third kappa shape index (κ3) is 5.26. The number of benzene rings is 2. The molecule has 1 fully saturated rings. The average Bonchev–Trinajstić information content (AvgIpc) is 3.18. The number of aromatic nitrogens is 4. The maximum atomic E-state index is 13.0. The van der Waals surface area contributed by atoms with Gasteiger partial charge in [0.05, 0.1) is 17.4 Å². The third-order valence-electron chi connectivity index (χ3n) is 7.26. The van der Waals surface area contributed by atoms with Gasteiger partial charge in [-0.05, 0) is 37.6 Å². The number of amides is 1. The van der Waals surface area contributed by atoms with Crippen LogP contribution in [0.1, 0.15) is 18.1 Å². The Morgan fingerprint density at radius 1 is 1.12 bits per heavy atom. The molecular formula is C28H30F2N6O4. The van der Waals surface area contributed by atoms with Crippen LogP contribution in [0.25, 0.3) is 22.0 Å². The van der Waals surface area contributed by atoms with Crippen LogP contribution >= 0.6 is 0 Å². The summed E-state index contributed by atoms with van der Waals surface area (Å²) in [5.41, 5.74) is 3.37. The van der Waals surface area contributed by atoms with E-state index in [0.717, 1.165) is 16.7 Å². The predicted octanol–water partition coefficient (Wildman–Crippen LogP) is 2.78. The molecule has 0 spiro atoms. The number of halogens is 2. The summed E-state index contributed by atoms with van der Waals surface area (Å²) in [6, 6.07) is 10.4. The van der Waals surface area contributed by atoms with Gasteiger partial charge < -0.3 is 19.6 Å². The van der Waals surface area contributed by atoms with Crippen LogP contribution in [0.2, 0.25) is 0 Å². The van der Waals surface area contributed by atoms with Gasteiger partial charge in [0, 0.05) is 56.2 Å². The average molecular weight is 553 g/mol. The highest BCUT2D eigenvalue weighted by atomic mass is 19.3. The Kier molecular flexibility index (Phi) is 7.53. The van der Waals surface area contributed by atoms with Crippen LogP contribution in [0.5, 0.6) is 5.75 Å². The van der Waals surface area contributed by atoms with Crippen molar-refractivity contribution in [3.8, 4) is 16.9 Å².